The van der Waals surface area contributed by atoms with Crippen LogP contribution in [-0.4, -0.2) is 38.0 Å². The van der Waals surface area contributed by atoms with Gasteiger partial charge < -0.3 is 14.8 Å². The van der Waals surface area contributed by atoms with Gasteiger partial charge in [-0.05, 0) is 34.6 Å². The third-order valence-electron chi connectivity index (χ3n) is 1.75. The summed E-state index contributed by atoms with van der Waals surface area (Å²) in [7, 11) is 1.72. The SMILES string of the molecule is COCC(C)(C)NCCOC(C)(C)C. The van der Waals surface area contributed by atoms with E-state index >= 15 is 0 Å². The lowest BCUT2D eigenvalue weighted by Gasteiger charge is -2.26. The topological polar surface area (TPSA) is 30.5 Å². The van der Waals surface area contributed by atoms with Crippen LogP contribution in [0.25, 0.3) is 0 Å². The van der Waals surface area contributed by atoms with Gasteiger partial charge in [-0.2, -0.15) is 0 Å². The van der Waals surface area contributed by atoms with Crippen LogP contribution in [0.4, 0.5) is 0 Å². The Morgan fingerprint density at radius 3 is 2.07 bits per heavy atom. The maximum absolute atomic E-state index is 5.60. The van der Waals surface area contributed by atoms with E-state index in [1.165, 1.54) is 0 Å². The highest BCUT2D eigenvalue weighted by Gasteiger charge is 2.16. The molecule has 0 heterocycles. The summed E-state index contributed by atoms with van der Waals surface area (Å²) in [5, 5.41) is 3.38. The Bertz CT molecular complexity index is 150. The lowest BCUT2D eigenvalue weighted by molar-refractivity contribution is -0.00454. The molecular formula is C11H25NO2. The summed E-state index contributed by atoms with van der Waals surface area (Å²) < 4.78 is 10.7. The molecule has 0 saturated carbocycles. The van der Waals surface area contributed by atoms with Crippen molar-refractivity contribution in [1.29, 1.82) is 0 Å². The summed E-state index contributed by atoms with van der Waals surface area (Å²) in [6, 6.07) is 0. The van der Waals surface area contributed by atoms with Crippen LogP contribution in [-0.2, 0) is 9.47 Å². The normalized spacial score (nSPS) is 13.3. The molecule has 0 saturated heterocycles. The van der Waals surface area contributed by atoms with Gasteiger partial charge in [-0.1, -0.05) is 0 Å². The third kappa shape index (κ3) is 8.48. The van der Waals surface area contributed by atoms with Crippen LogP contribution in [0.2, 0.25) is 0 Å². The minimum Gasteiger partial charge on any atom is -0.383 e. The Labute approximate surface area is 88.2 Å². The van der Waals surface area contributed by atoms with E-state index in [0.717, 1.165) is 13.2 Å². The lowest BCUT2D eigenvalue weighted by Crippen LogP contribution is -2.45. The zero-order valence-corrected chi connectivity index (χ0v) is 10.4. The van der Waals surface area contributed by atoms with Crippen LogP contribution < -0.4 is 5.32 Å². The molecule has 1 N–H and O–H groups in total. The number of nitrogens with one attached hydrogen (secondary N) is 1. The molecule has 0 aromatic heterocycles. The molecule has 14 heavy (non-hydrogen) atoms. The molecule has 0 rings (SSSR count). The highest BCUT2D eigenvalue weighted by atomic mass is 16.5. The Hall–Kier alpha value is -0.120. The van der Waals surface area contributed by atoms with Crippen molar-refractivity contribution in [1.82, 2.24) is 5.32 Å². The van der Waals surface area contributed by atoms with E-state index in [1.54, 1.807) is 7.11 Å². The Morgan fingerprint density at radius 1 is 1.07 bits per heavy atom. The fourth-order valence-corrected chi connectivity index (χ4v) is 1.16. The van der Waals surface area contributed by atoms with E-state index in [4.69, 9.17) is 9.47 Å². The molecule has 0 spiro atoms. The zero-order chi connectivity index (χ0) is 11.2. The van der Waals surface area contributed by atoms with Crippen LogP contribution >= 0.6 is 0 Å². The smallest absolute Gasteiger partial charge is 0.0639 e. The molecule has 3 heteroatoms. The summed E-state index contributed by atoms with van der Waals surface area (Å²) in [6.07, 6.45) is 0. The average molecular weight is 203 g/mol. The fourth-order valence-electron chi connectivity index (χ4n) is 1.16. The van der Waals surface area contributed by atoms with Crippen LogP contribution in [0.3, 0.4) is 0 Å². The van der Waals surface area contributed by atoms with Crippen LogP contribution in [0.15, 0.2) is 0 Å². The standard InChI is InChI=1S/C11H25NO2/c1-10(2,3)14-8-7-12-11(4,5)9-13-6/h12H,7-9H2,1-6H3. The van der Waals surface area contributed by atoms with Crippen molar-refractivity contribution in [2.45, 2.75) is 45.8 Å². The van der Waals surface area contributed by atoms with E-state index in [1.807, 2.05) is 0 Å². The van der Waals surface area contributed by atoms with Crippen molar-refractivity contribution < 1.29 is 9.47 Å². The maximum Gasteiger partial charge on any atom is 0.0639 e. The molecule has 0 aliphatic carbocycles. The average Bonchev–Trinajstić information content (AvgIpc) is 1.96. The predicted molar refractivity (Wildman–Crippen MR) is 59.7 cm³/mol. The number of ether oxygens (including phenoxy) is 2. The van der Waals surface area contributed by atoms with Gasteiger partial charge in [-0.3, -0.25) is 0 Å². The van der Waals surface area contributed by atoms with Gasteiger partial charge in [0, 0.05) is 19.2 Å². The molecule has 0 radical (unpaired) electrons. The molecule has 0 atom stereocenters. The largest absolute Gasteiger partial charge is 0.383 e. The van der Waals surface area contributed by atoms with Crippen molar-refractivity contribution in [2.24, 2.45) is 0 Å². The van der Waals surface area contributed by atoms with E-state index < -0.39 is 0 Å². The van der Waals surface area contributed by atoms with Gasteiger partial charge >= 0.3 is 0 Å². The maximum atomic E-state index is 5.60. The van der Waals surface area contributed by atoms with Crippen molar-refractivity contribution in [3.63, 3.8) is 0 Å². The molecule has 0 aromatic carbocycles. The Morgan fingerprint density at radius 2 is 1.64 bits per heavy atom. The molecule has 86 valence electrons. The first-order valence-corrected chi connectivity index (χ1v) is 5.15. The summed E-state index contributed by atoms with van der Waals surface area (Å²) in [5.74, 6) is 0. The summed E-state index contributed by atoms with van der Waals surface area (Å²) in [5.41, 5.74) is -0.0247. The van der Waals surface area contributed by atoms with Crippen molar-refractivity contribution in [3.05, 3.63) is 0 Å². The highest BCUT2D eigenvalue weighted by molar-refractivity contribution is 4.76. The van der Waals surface area contributed by atoms with E-state index in [2.05, 4.69) is 39.9 Å². The second-order valence-electron chi connectivity index (χ2n) is 5.20. The Kier molecular flexibility index (Phi) is 5.64. The second-order valence-corrected chi connectivity index (χ2v) is 5.20. The quantitative estimate of drug-likeness (QED) is 0.668. The first-order chi connectivity index (χ1) is 6.27. The molecule has 0 amide bonds. The molecule has 0 bridgehead atoms. The minimum atomic E-state index is -0.0485. The third-order valence-corrected chi connectivity index (χ3v) is 1.75. The van der Waals surface area contributed by atoms with E-state index in [-0.39, 0.29) is 11.1 Å². The molecule has 0 fully saturated rings. The van der Waals surface area contributed by atoms with Gasteiger partial charge in [-0.15, -0.1) is 0 Å². The second kappa shape index (κ2) is 5.69. The highest BCUT2D eigenvalue weighted by Crippen LogP contribution is 2.06. The number of rotatable bonds is 6. The number of hydrogen-bond acceptors (Lipinski definition) is 3. The number of hydrogen-bond donors (Lipinski definition) is 1. The minimum absolute atomic E-state index is 0.0238. The first kappa shape index (κ1) is 13.9. The van der Waals surface area contributed by atoms with Gasteiger partial charge in [0.05, 0.1) is 18.8 Å². The molecular weight excluding hydrogens is 178 g/mol. The monoisotopic (exact) mass is 203 g/mol. The summed E-state index contributed by atoms with van der Waals surface area (Å²) >= 11 is 0. The van der Waals surface area contributed by atoms with Crippen molar-refractivity contribution in [2.75, 3.05) is 26.9 Å². The summed E-state index contributed by atoms with van der Waals surface area (Å²) in [4.78, 5) is 0. The first-order valence-electron chi connectivity index (χ1n) is 5.15. The lowest BCUT2D eigenvalue weighted by atomic mass is 10.1. The molecule has 0 unspecified atom stereocenters. The van der Waals surface area contributed by atoms with Crippen LogP contribution in [0.5, 0.6) is 0 Å². The van der Waals surface area contributed by atoms with Gasteiger partial charge in [-0.25, -0.2) is 0 Å². The molecule has 0 aliphatic heterocycles. The van der Waals surface area contributed by atoms with Crippen LogP contribution in [0, 0.1) is 0 Å². The van der Waals surface area contributed by atoms with Crippen molar-refractivity contribution >= 4 is 0 Å². The van der Waals surface area contributed by atoms with E-state index in [9.17, 15) is 0 Å². The van der Waals surface area contributed by atoms with Crippen LogP contribution in [0.1, 0.15) is 34.6 Å². The van der Waals surface area contributed by atoms with E-state index in [0.29, 0.717) is 6.61 Å². The summed E-state index contributed by atoms with van der Waals surface area (Å²) in [6.45, 7) is 12.7. The van der Waals surface area contributed by atoms with Gasteiger partial charge in [0.1, 0.15) is 0 Å². The Balaban J connectivity index is 3.54. The molecule has 3 nitrogen and oxygen atoms in total. The van der Waals surface area contributed by atoms with Gasteiger partial charge in [0.2, 0.25) is 0 Å². The van der Waals surface area contributed by atoms with Gasteiger partial charge in [0.15, 0.2) is 0 Å². The fraction of sp³-hybridized carbons (Fsp3) is 1.00. The number of methoxy groups -OCH3 is 1. The predicted octanol–water partition coefficient (Wildman–Crippen LogP) is 1.82. The molecule has 0 aromatic rings. The van der Waals surface area contributed by atoms with Crippen molar-refractivity contribution in [3.8, 4) is 0 Å². The molecule has 0 aliphatic rings. The zero-order valence-electron chi connectivity index (χ0n) is 10.4. The van der Waals surface area contributed by atoms with Gasteiger partial charge in [0.25, 0.3) is 0 Å².